The molecule has 2 heterocycles. The number of hydrogen-bond acceptors (Lipinski definition) is 4. The molecule has 0 saturated heterocycles. The summed E-state index contributed by atoms with van der Waals surface area (Å²) in [6.07, 6.45) is 5.01. The standard InChI is InChI=1S/C9H10N4O/c14-6-5-13-7-11-12-9(13)8-1-3-10-4-2-8/h1-4,7,14H,5-6H2. The van der Waals surface area contributed by atoms with Gasteiger partial charge in [0.2, 0.25) is 0 Å². The predicted octanol–water partition coefficient (Wildman–Crippen LogP) is 0.332. The minimum atomic E-state index is 0.0795. The summed E-state index contributed by atoms with van der Waals surface area (Å²) in [6.45, 7) is 0.584. The average Bonchev–Trinajstić information content (AvgIpc) is 2.68. The molecule has 1 N–H and O–H groups in total. The summed E-state index contributed by atoms with van der Waals surface area (Å²) in [5.41, 5.74) is 0.950. The van der Waals surface area contributed by atoms with Gasteiger partial charge < -0.3 is 9.67 Å². The smallest absolute Gasteiger partial charge is 0.163 e. The first-order valence-corrected chi connectivity index (χ1v) is 4.31. The summed E-state index contributed by atoms with van der Waals surface area (Å²) in [4.78, 5) is 3.92. The lowest BCUT2D eigenvalue weighted by molar-refractivity contribution is 0.276. The van der Waals surface area contributed by atoms with Gasteiger partial charge >= 0.3 is 0 Å². The van der Waals surface area contributed by atoms with E-state index in [1.807, 2.05) is 12.1 Å². The van der Waals surface area contributed by atoms with Crippen molar-refractivity contribution >= 4 is 0 Å². The summed E-state index contributed by atoms with van der Waals surface area (Å²) in [6, 6.07) is 3.72. The van der Waals surface area contributed by atoms with Crippen LogP contribution in [0.4, 0.5) is 0 Å². The van der Waals surface area contributed by atoms with Crippen LogP contribution in [0.5, 0.6) is 0 Å². The van der Waals surface area contributed by atoms with E-state index in [4.69, 9.17) is 5.11 Å². The van der Waals surface area contributed by atoms with Gasteiger partial charge in [0.05, 0.1) is 6.61 Å². The number of pyridine rings is 1. The monoisotopic (exact) mass is 190 g/mol. The van der Waals surface area contributed by atoms with Gasteiger partial charge in [-0.15, -0.1) is 10.2 Å². The molecule has 0 saturated carbocycles. The van der Waals surface area contributed by atoms with Crippen LogP contribution < -0.4 is 0 Å². The van der Waals surface area contributed by atoms with Crippen molar-refractivity contribution in [2.75, 3.05) is 6.61 Å². The maximum atomic E-state index is 8.82. The first-order chi connectivity index (χ1) is 6.92. The topological polar surface area (TPSA) is 63.8 Å². The molecular weight excluding hydrogens is 180 g/mol. The van der Waals surface area contributed by atoms with Crippen LogP contribution in [0, 0.1) is 0 Å². The number of aromatic nitrogens is 4. The lowest BCUT2D eigenvalue weighted by Crippen LogP contribution is -2.02. The Hall–Kier alpha value is -1.75. The molecule has 0 aliphatic heterocycles. The zero-order valence-electron chi connectivity index (χ0n) is 7.54. The second-order valence-electron chi connectivity index (χ2n) is 2.81. The Kier molecular flexibility index (Phi) is 2.51. The molecule has 0 aliphatic carbocycles. The maximum absolute atomic E-state index is 8.82. The first kappa shape index (κ1) is 8.83. The highest BCUT2D eigenvalue weighted by Crippen LogP contribution is 2.14. The van der Waals surface area contributed by atoms with Crippen LogP contribution in [0.25, 0.3) is 11.4 Å². The molecule has 0 amide bonds. The Morgan fingerprint density at radius 3 is 2.79 bits per heavy atom. The molecule has 2 aromatic rings. The van der Waals surface area contributed by atoms with Crippen LogP contribution in [0.3, 0.4) is 0 Å². The van der Waals surface area contributed by atoms with Gasteiger partial charge in [-0.2, -0.15) is 0 Å². The molecule has 0 aliphatic rings. The van der Waals surface area contributed by atoms with Gasteiger partial charge in [-0.05, 0) is 12.1 Å². The highest BCUT2D eigenvalue weighted by molar-refractivity contribution is 5.53. The van der Waals surface area contributed by atoms with E-state index in [9.17, 15) is 0 Å². The fourth-order valence-electron chi connectivity index (χ4n) is 1.25. The van der Waals surface area contributed by atoms with Crippen molar-refractivity contribution in [3.8, 4) is 11.4 Å². The van der Waals surface area contributed by atoms with E-state index in [0.717, 1.165) is 11.4 Å². The van der Waals surface area contributed by atoms with Crippen molar-refractivity contribution in [1.82, 2.24) is 19.7 Å². The van der Waals surface area contributed by atoms with Crippen molar-refractivity contribution in [1.29, 1.82) is 0 Å². The Balaban J connectivity index is 2.37. The zero-order valence-corrected chi connectivity index (χ0v) is 7.54. The van der Waals surface area contributed by atoms with Crippen LogP contribution in [-0.4, -0.2) is 31.5 Å². The highest BCUT2D eigenvalue weighted by atomic mass is 16.3. The summed E-state index contributed by atoms with van der Waals surface area (Å²) >= 11 is 0. The lowest BCUT2D eigenvalue weighted by Gasteiger charge is -2.03. The van der Waals surface area contributed by atoms with Crippen molar-refractivity contribution in [3.63, 3.8) is 0 Å². The van der Waals surface area contributed by atoms with E-state index in [1.165, 1.54) is 0 Å². The fraction of sp³-hybridized carbons (Fsp3) is 0.222. The van der Waals surface area contributed by atoms with E-state index >= 15 is 0 Å². The van der Waals surface area contributed by atoms with Crippen molar-refractivity contribution < 1.29 is 5.11 Å². The average molecular weight is 190 g/mol. The third-order valence-corrected chi connectivity index (χ3v) is 1.89. The molecule has 2 rings (SSSR count). The van der Waals surface area contributed by atoms with Crippen LogP contribution in [0.15, 0.2) is 30.9 Å². The second-order valence-corrected chi connectivity index (χ2v) is 2.81. The van der Waals surface area contributed by atoms with Crippen LogP contribution >= 0.6 is 0 Å². The van der Waals surface area contributed by atoms with Gasteiger partial charge in [0.1, 0.15) is 6.33 Å². The van der Waals surface area contributed by atoms with Crippen LogP contribution in [0.2, 0.25) is 0 Å². The van der Waals surface area contributed by atoms with Crippen molar-refractivity contribution in [3.05, 3.63) is 30.9 Å². The Morgan fingerprint density at radius 2 is 2.07 bits per heavy atom. The van der Waals surface area contributed by atoms with Crippen molar-refractivity contribution in [2.45, 2.75) is 6.54 Å². The number of aliphatic hydroxyl groups is 1. The van der Waals surface area contributed by atoms with E-state index in [2.05, 4.69) is 15.2 Å². The number of hydrogen-bond donors (Lipinski definition) is 1. The molecule has 0 unspecified atom stereocenters. The molecular formula is C9H10N4O. The van der Waals surface area contributed by atoms with Gasteiger partial charge in [0.25, 0.3) is 0 Å². The minimum absolute atomic E-state index is 0.0795. The van der Waals surface area contributed by atoms with Crippen LogP contribution in [0.1, 0.15) is 0 Å². The molecule has 0 spiro atoms. The van der Waals surface area contributed by atoms with Gasteiger partial charge in [-0.1, -0.05) is 0 Å². The molecule has 14 heavy (non-hydrogen) atoms. The number of aliphatic hydroxyl groups excluding tert-OH is 1. The predicted molar refractivity (Wildman–Crippen MR) is 50.3 cm³/mol. The molecule has 72 valence electrons. The summed E-state index contributed by atoms with van der Waals surface area (Å²) in [5.74, 6) is 0.751. The maximum Gasteiger partial charge on any atom is 0.163 e. The quantitative estimate of drug-likeness (QED) is 0.757. The second kappa shape index (κ2) is 3.97. The van der Waals surface area contributed by atoms with E-state index in [1.54, 1.807) is 23.3 Å². The summed E-state index contributed by atoms with van der Waals surface area (Å²) < 4.78 is 1.80. The normalized spacial score (nSPS) is 10.4. The Morgan fingerprint density at radius 1 is 1.29 bits per heavy atom. The third kappa shape index (κ3) is 1.62. The van der Waals surface area contributed by atoms with Gasteiger partial charge in [-0.3, -0.25) is 4.98 Å². The van der Waals surface area contributed by atoms with Gasteiger partial charge in [0.15, 0.2) is 5.82 Å². The molecule has 5 nitrogen and oxygen atoms in total. The van der Waals surface area contributed by atoms with Gasteiger partial charge in [-0.25, -0.2) is 0 Å². The van der Waals surface area contributed by atoms with Crippen molar-refractivity contribution in [2.24, 2.45) is 0 Å². The van der Waals surface area contributed by atoms with E-state index < -0.39 is 0 Å². The Labute approximate surface area is 81.1 Å². The molecule has 0 aromatic carbocycles. The SMILES string of the molecule is OCCn1cnnc1-c1ccncc1. The zero-order chi connectivity index (χ0) is 9.80. The Bertz CT molecular complexity index is 398. The van der Waals surface area contributed by atoms with Crippen LogP contribution in [-0.2, 0) is 6.54 Å². The summed E-state index contributed by atoms with van der Waals surface area (Å²) in [7, 11) is 0. The molecule has 0 radical (unpaired) electrons. The minimum Gasteiger partial charge on any atom is -0.395 e. The van der Waals surface area contributed by atoms with Gasteiger partial charge in [0, 0.05) is 24.5 Å². The van der Waals surface area contributed by atoms with E-state index in [-0.39, 0.29) is 6.61 Å². The lowest BCUT2D eigenvalue weighted by atomic mass is 10.2. The van der Waals surface area contributed by atoms with E-state index in [0.29, 0.717) is 6.54 Å². The molecule has 5 heteroatoms. The molecule has 0 atom stereocenters. The molecule has 0 bridgehead atoms. The first-order valence-electron chi connectivity index (χ1n) is 4.31. The third-order valence-electron chi connectivity index (χ3n) is 1.89. The molecule has 0 fully saturated rings. The highest BCUT2D eigenvalue weighted by Gasteiger charge is 2.05. The number of rotatable bonds is 3. The number of nitrogens with zero attached hydrogens (tertiary/aromatic N) is 4. The summed E-state index contributed by atoms with van der Waals surface area (Å²) in [5, 5.41) is 16.6. The molecule has 2 aromatic heterocycles. The fourth-order valence-corrected chi connectivity index (χ4v) is 1.25. The largest absolute Gasteiger partial charge is 0.395 e.